The van der Waals surface area contributed by atoms with E-state index >= 15 is 0 Å². The molecule has 0 aliphatic carbocycles. The van der Waals surface area contributed by atoms with E-state index in [0.29, 0.717) is 0 Å². The van der Waals surface area contributed by atoms with Crippen molar-refractivity contribution in [3.63, 3.8) is 0 Å². The van der Waals surface area contributed by atoms with E-state index in [-0.39, 0.29) is 11.8 Å². The van der Waals surface area contributed by atoms with Crippen molar-refractivity contribution in [3.05, 3.63) is 36.1 Å². The molecule has 2 heteroatoms. The molecule has 0 radical (unpaired) electrons. The fourth-order valence-electron chi connectivity index (χ4n) is 2.46. The first kappa shape index (κ1) is 13.8. The lowest BCUT2D eigenvalue weighted by Gasteiger charge is -2.28. The Morgan fingerprint density at radius 3 is 2.76 bits per heavy atom. The molecule has 1 aliphatic rings. The van der Waals surface area contributed by atoms with Crippen LogP contribution in [0.5, 0.6) is 0 Å². The Morgan fingerprint density at radius 1 is 1.59 bits per heavy atom. The van der Waals surface area contributed by atoms with Gasteiger partial charge in [-0.25, -0.2) is 0 Å². The molecule has 1 saturated heterocycles. The maximum Gasteiger partial charge on any atom is 0.152 e. The summed E-state index contributed by atoms with van der Waals surface area (Å²) >= 11 is 0. The van der Waals surface area contributed by atoms with Crippen molar-refractivity contribution < 1.29 is 4.79 Å². The smallest absolute Gasteiger partial charge is 0.152 e. The number of ketones is 1. The van der Waals surface area contributed by atoms with Gasteiger partial charge < -0.3 is 4.90 Å². The summed E-state index contributed by atoms with van der Waals surface area (Å²) in [6, 6.07) is 0.0312. The van der Waals surface area contributed by atoms with Crippen molar-refractivity contribution >= 4 is 5.78 Å². The van der Waals surface area contributed by atoms with Crippen molar-refractivity contribution in [2.75, 3.05) is 6.54 Å². The molecule has 0 aromatic rings. The lowest BCUT2D eigenvalue weighted by molar-refractivity contribution is -0.121. The van der Waals surface area contributed by atoms with E-state index in [1.54, 1.807) is 13.0 Å². The van der Waals surface area contributed by atoms with Gasteiger partial charge in [-0.05, 0) is 38.3 Å². The fourth-order valence-corrected chi connectivity index (χ4v) is 2.46. The summed E-state index contributed by atoms with van der Waals surface area (Å²) in [7, 11) is 0. The van der Waals surface area contributed by atoms with E-state index in [0.717, 1.165) is 25.8 Å². The maximum absolute atomic E-state index is 11.8. The third-order valence-electron chi connectivity index (χ3n) is 3.29. The number of carbonyl (C=O) groups is 1. The molecule has 0 aromatic carbocycles. The summed E-state index contributed by atoms with van der Waals surface area (Å²) in [5.74, 6) is 0.263. The SMILES string of the molecule is C=C/C=C1\C(=C/C)CCN1C(CCC)C(C)=O. The van der Waals surface area contributed by atoms with Gasteiger partial charge in [0.2, 0.25) is 0 Å². The number of hydrogen-bond acceptors (Lipinski definition) is 2. The molecule has 1 aliphatic heterocycles. The molecule has 1 unspecified atom stereocenters. The van der Waals surface area contributed by atoms with Gasteiger partial charge in [-0.1, -0.05) is 32.1 Å². The van der Waals surface area contributed by atoms with Gasteiger partial charge in [0.1, 0.15) is 0 Å². The molecule has 1 atom stereocenters. The predicted octanol–water partition coefficient (Wildman–Crippen LogP) is 3.47. The van der Waals surface area contributed by atoms with Gasteiger partial charge in [-0.2, -0.15) is 0 Å². The molecule has 1 rings (SSSR count). The number of hydrogen-bond donors (Lipinski definition) is 0. The van der Waals surface area contributed by atoms with Crippen LogP contribution in [0.3, 0.4) is 0 Å². The molecular weight excluding hydrogens is 210 g/mol. The highest BCUT2D eigenvalue weighted by atomic mass is 16.1. The van der Waals surface area contributed by atoms with Gasteiger partial charge in [0, 0.05) is 12.2 Å². The van der Waals surface area contributed by atoms with Crippen LogP contribution >= 0.6 is 0 Å². The molecule has 1 heterocycles. The second-order valence-corrected chi connectivity index (χ2v) is 4.46. The quantitative estimate of drug-likeness (QED) is 0.724. The minimum atomic E-state index is 0.0312. The van der Waals surface area contributed by atoms with Crippen molar-refractivity contribution in [2.45, 2.75) is 46.1 Å². The predicted molar refractivity (Wildman–Crippen MR) is 72.7 cm³/mol. The van der Waals surface area contributed by atoms with Gasteiger partial charge in [-0.15, -0.1) is 0 Å². The topological polar surface area (TPSA) is 20.3 Å². The van der Waals surface area contributed by atoms with Crippen LogP contribution in [0.4, 0.5) is 0 Å². The normalized spacial score (nSPS) is 22.2. The minimum absolute atomic E-state index is 0.0312. The van der Waals surface area contributed by atoms with Gasteiger partial charge in [-0.3, -0.25) is 4.79 Å². The van der Waals surface area contributed by atoms with Crippen LogP contribution in [0, 0.1) is 0 Å². The van der Waals surface area contributed by atoms with E-state index in [4.69, 9.17) is 0 Å². The van der Waals surface area contributed by atoms with Crippen LogP contribution in [0.2, 0.25) is 0 Å². The van der Waals surface area contributed by atoms with Gasteiger partial charge in [0.15, 0.2) is 5.78 Å². The van der Waals surface area contributed by atoms with E-state index in [9.17, 15) is 4.79 Å². The Hall–Kier alpha value is -1.31. The number of likely N-dealkylation sites (tertiary alicyclic amines) is 1. The minimum Gasteiger partial charge on any atom is -0.361 e. The van der Waals surface area contributed by atoms with Crippen LogP contribution in [-0.2, 0) is 4.79 Å². The van der Waals surface area contributed by atoms with Gasteiger partial charge >= 0.3 is 0 Å². The highest BCUT2D eigenvalue weighted by Gasteiger charge is 2.29. The second-order valence-electron chi connectivity index (χ2n) is 4.46. The molecule has 0 saturated carbocycles. The van der Waals surface area contributed by atoms with Crippen LogP contribution in [0.25, 0.3) is 0 Å². The van der Waals surface area contributed by atoms with Crippen molar-refractivity contribution in [1.82, 2.24) is 4.90 Å². The number of rotatable bonds is 5. The third kappa shape index (κ3) is 3.09. The summed E-state index contributed by atoms with van der Waals surface area (Å²) in [5, 5.41) is 0. The number of carbonyl (C=O) groups excluding carboxylic acids is 1. The van der Waals surface area contributed by atoms with Crippen LogP contribution in [0.15, 0.2) is 36.1 Å². The first-order valence-electron chi connectivity index (χ1n) is 6.41. The summed E-state index contributed by atoms with van der Waals surface area (Å²) < 4.78 is 0. The zero-order valence-electron chi connectivity index (χ0n) is 11.2. The zero-order chi connectivity index (χ0) is 12.8. The second kappa shape index (κ2) is 6.43. The molecule has 17 heavy (non-hydrogen) atoms. The van der Waals surface area contributed by atoms with Crippen molar-refractivity contribution in [3.8, 4) is 0 Å². The Kier molecular flexibility index (Phi) is 5.20. The Bertz CT molecular complexity index is 352. The lowest BCUT2D eigenvalue weighted by Crippen LogP contribution is -2.37. The number of Topliss-reactive ketones (excluding diaryl/α,β-unsaturated/α-hetero) is 1. The van der Waals surface area contributed by atoms with E-state index in [1.165, 1.54) is 11.3 Å². The molecule has 1 fully saturated rings. The Labute approximate surface area is 105 Å². The van der Waals surface area contributed by atoms with Crippen LogP contribution < -0.4 is 0 Å². The highest BCUT2D eigenvalue weighted by Crippen LogP contribution is 2.30. The van der Waals surface area contributed by atoms with E-state index in [1.807, 2.05) is 6.08 Å². The maximum atomic E-state index is 11.8. The molecule has 2 nitrogen and oxygen atoms in total. The Morgan fingerprint density at radius 2 is 2.29 bits per heavy atom. The number of nitrogens with zero attached hydrogens (tertiary/aromatic N) is 1. The third-order valence-corrected chi connectivity index (χ3v) is 3.29. The zero-order valence-corrected chi connectivity index (χ0v) is 11.2. The molecule has 0 spiro atoms. The molecule has 0 aromatic heterocycles. The average Bonchev–Trinajstić information content (AvgIpc) is 2.69. The van der Waals surface area contributed by atoms with Gasteiger partial charge in [0.05, 0.1) is 6.04 Å². The molecule has 0 amide bonds. The monoisotopic (exact) mass is 233 g/mol. The first-order chi connectivity index (χ1) is 8.15. The van der Waals surface area contributed by atoms with Crippen molar-refractivity contribution in [2.24, 2.45) is 0 Å². The van der Waals surface area contributed by atoms with Crippen molar-refractivity contribution in [1.29, 1.82) is 0 Å². The van der Waals surface area contributed by atoms with E-state index < -0.39 is 0 Å². The molecule has 94 valence electrons. The Balaban J connectivity index is 2.99. The summed E-state index contributed by atoms with van der Waals surface area (Å²) in [4.78, 5) is 14.0. The fraction of sp³-hybridized carbons (Fsp3) is 0.533. The standard InChI is InChI=1S/C15H23NO/c1-5-8-14(12(4)17)16-11-10-13(7-3)15(16)9-6-2/h6-7,9,14H,2,5,8,10-11H2,1,3-4H3/b13-7-,15-9+. The van der Waals surface area contributed by atoms with E-state index in [2.05, 4.69) is 31.4 Å². The van der Waals surface area contributed by atoms with Crippen LogP contribution in [0.1, 0.15) is 40.0 Å². The van der Waals surface area contributed by atoms with Gasteiger partial charge in [0.25, 0.3) is 0 Å². The first-order valence-corrected chi connectivity index (χ1v) is 6.41. The summed E-state index contributed by atoms with van der Waals surface area (Å²) in [5.41, 5.74) is 2.50. The van der Waals surface area contributed by atoms with Crippen LogP contribution in [-0.4, -0.2) is 23.3 Å². The molecule has 0 N–H and O–H groups in total. The molecular formula is C15H23NO. The highest BCUT2D eigenvalue weighted by molar-refractivity contribution is 5.82. The summed E-state index contributed by atoms with van der Waals surface area (Å²) in [6.45, 7) is 10.6. The molecule has 0 bridgehead atoms. The largest absolute Gasteiger partial charge is 0.361 e. The lowest BCUT2D eigenvalue weighted by atomic mass is 10.1. The summed E-state index contributed by atoms with van der Waals surface area (Å²) in [6.07, 6.45) is 8.96. The number of allylic oxidation sites excluding steroid dienone is 4. The average molecular weight is 233 g/mol.